The average Bonchev–Trinajstić information content (AvgIpc) is 2.74. The van der Waals surface area contributed by atoms with Crippen LogP contribution < -0.4 is 5.73 Å². The van der Waals surface area contributed by atoms with Crippen LogP contribution in [0, 0.1) is 6.92 Å². The Morgan fingerprint density at radius 1 is 1.33 bits per heavy atom. The van der Waals surface area contributed by atoms with Gasteiger partial charge >= 0.3 is 0 Å². The van der Waals surface area contributed by atoms with Crippen LogP contribution in [-0.2, 0) is 6.42 Å². The summed E-state index contributed by atoms with van der Waals surface area (Å²) in [6, 6.07) is 8.46. The van der Waals surface area contributed by atoms with Crippen molar-refractivity contribution >= 4 is 11.3 Å². The number of nitrogens with zero attached hydrogens (tertiary/aromatic N) is 1. The van der Waals surface area contributed by atoms with Crippen molar-refractivity contribution in [2.75, 3.05) is 0 Å². The van der Waals surface area contributed by atoms with Crippen LogP contribution in [0.5, 0.6) is 0 Å². The minimum atomic E-state index is -0.116. The second-order valence-corrected chi connectivity index (χ2v) is 6.43. The molecule has 18 heavy (non-hydrogen) atoms. The standard InChI is InChI=1S/C15H20N2S/c1-11-5-4-6-12(9-11)13-10-18-14(17-13)7-8-15(2,3)16/h4-6,9-10H,7-8,16H2,1-3H3. The molecule has 0 aliphatic heterocycles. The predicted octanol–water partition coefficient (Wildman–Crippen LogP) is 3.79. The molecule has 2 aromatic rings. The van der Waals surface area contributed by atoms with Gasteiger partial charge in [0.1, 0.15) is 0 Å². The largest absolute Gasteiger partial charge is 0.326 e. The molecule has 0 radical (unpaired) electrons. The van der Waals surface area contributed by atoms with Gasteiger partial charge in [-0.25, -0.2) is 4.98 Å². The zero-order valence-corrected chi connectivity index (χ0v) is 12.1. The number of hydrogen-bond donors (Lipinski definition) is 1. The molecule has 0 saturated carbocycles. The lowest BCUT2D eigenvalue weighted by molar-refractivity contribution is 0.476. The molecule has 0 aliphatic rings. The summed E-state index contributed by atoms with van der Waals surface area (Å²) >= 11 is 1.72. The molecule has 3 heteroatoms. The normalized spacial score (nSPS) is 11.8. The maximum Gasteiger partial charge on any atom is 0.0933 e. The van der Waals surface area contributed by atoms with Gasteiger partial charge in [-0.3, -0.25) is 0 Å². The van der Waals surface area contributed by atoms with Crippen LogP contribution in [0.4, 0.5) is 0 Å². The van der Waals surface area contributed by atoms with E-state index in [1.54, 1.807) is 11.3 Å². The van der Waals surface area contributed by atoms with E-state index >= 15 is 0 Å². The molecule has 0 fully saturated rings. The molecule has 1 heterocycles. The van der Waals surface area contributed by atoms with Gasteiger partial charge in [-0.05, 0) is 33.3 Å². The van der Waals surface area contributed by atoms with Crippen LogP contribution in [0.15, 0.2) is 29.6 Å². The maximum atomic E-state index is 6.00. The van der Waals surface area contributed by atoms with E-state index in [2.05, 4.69) is 55.4 Å². The Balaban J connectivity index is 2.11. The van der Waals surface area contributed by atoms with E-state index in [1.807, 2.05) is 0 Å². The number of aromatic nitrogens is 1. The highest BCUT2D eigenvalue weighted by molar-refractivity contribution is 7.09. The summed E-state index contributed by atoms with van der Waals surface area (Å²) in [4.78, 5) is 4.69. The summed E-state index contributed by atoms with van der Waals surface area (Å²) in [5, 5.41) is 3.30. The molecule has 0 bridgehead atoms. The first kappa shape index (κ1) is 13.2. The molecule has 0 saturated heterocycles. The Morgan fingerprint density at radius 3 is 2.78 bits per heavy atom. The fourth-order valence-electron chi connectivity index (χ4n) is 1.79. The van der Waals surface area contributed by atoms with Crippen molar-refractivity contribution in [2.24, 2.45) is 5.73 Å². The van der Waals surface area contributed by atoms with Crippen LogP contribution in [0.1, 0.15) is 30.8 Å². The van der Waals surface area contributed by atoms with Crippen LogP contribution >= 0.6 is 11.3 Å². The molecule has 0 spiro atoms. The summed E-state index contributed by atoms with van der Waals surface area (Å²) in [7, 11) is 0. The van der Waals surface area contributed by atoms with Gasteiger partial charge in [0.15, 0.2) is 0 Å². The Morgan fingerprint density at radius 2 is 2.11 bits per heavy atom. The van der Waals surface area contributed by atoms with E-state index < -0.39 is 0 Å². The molecule has 96 valence electrons. The fraction of sp³-hybridized carbons (Fsp3) is 0.400. The van der Waals surface area contributed by atoms with Crippen molar-refractivity contribution in [2.45, 2.75) is 39.2 Å². The van der Waals surface area contributed by atoms with Gasteiger partial charge in [-0.2, -0.15) is 0 Å². The third-order valence-corrected chi connectivity index (χ3v) is 3.76. The van der Waals surface area contributed by atoms with Gasteiger partial charge in [0, 0.05) is 22.9 Å². The van der Waals surface area contributed by atoms with Gasteiger partial charge in [0.05, 0.1) is 10.7 Å². The van der Waals surface area contributed by atoms with Crippen molar-refractivity contribution in [1.29, 1.82) is 0 Å². The molecule has 0 atom stereocenters. The summed E-state index contributed by atoms with van der Waals surface area (Å²) in [5.74, 6) is 0. The molecule has 0 aliphatic carbocycles. The third-order valence-electron chi connectivity index (χ3n) is 2.85. The van der Waals surface area contributed by atoms with Crippen LogP contribution in [0.3, 0.4) is 0 Å². The highest BCUT2D eigenvalue weighted by Gasteiger charge is 2.12. The lowest BCUT2D eigenvalue weighted by Crippen LogP contribution is -2.32. The SMILES string of the molecule is Cc1cccc(-c2csc(CCC(C)(C)N)n2)c1. The summed E-state index contributed by atoms with van der Waals surface area (Å²) in [6.07, 6.45) is 1.92. The Bertz CT molecular complexity index is 523. The highest BCUT2D eigenvalue weighted by atomic mass is 32.1. The molecule has 0 amide bonds. The van der Waals surface area contributed by atoms with E-state index in [-0.39, 0.29) is 5.54 Å². The summed E-state index contributed by atoms with van der Waals surface area (Å²) in [6.45, 7) is 6.22. The topological polar surface area (TPSA) is 38.9 Å². The van der Waals surface area contributed by atoms with Gasteiger partial charge in [-0.15, -0.1) is 11.3 Å². The molecular weight excluding hydrogens is 240 g/mol. The molecule has 2 N–H and O–H groups in total. The van der Waals surface area contributed by atoms with E-state index in [1.165, 1.54) is 16.1 Å². The van der Waals surface area contributed by atoms with Crippen molar-refractivity contribution in [3.05, 3.63) is 40.2 Å². The first-order valence-corrected chi connectivity index (χ1v) is 7.12. The van der Waals surface area contributed by atoms with Crippen molar-refractivity contribution in [3.8, 4) is 11.3 Å². The Labute approximate surface area is 113 Å². The number of thiazole rings is 1. The number of aryl methyl sites for hydroxylation is 2. The van der Waals surface area contributed by atoms with Crippen LogP contribution in [0.2, 0.25) is 0 Å². The molecule has 0 unspecified atom stereocenters. The van der Waals surface area contributed by atoms with E-state index in [0.717, 1.165) is 18.5 Å². The van der Waals surface area contributed by atoms with E-state index in [4.69, 9.17) is 5.73 Å². The smallest absolute Gasteiger partial charge is 0.0933 e. The number of rotatable bonds is 4. The lowest BCUT2D eigenvalue weighted by Gasteiger charge is -2.16. The van der Waals surface area contributed by atoms with Gasteiger partial charge in [0.25, 0.3) is 0 Å². The maximum absolute atomic E-state index is 6.00. The lowest BCUT2D eigenvalue weighted by atomic mass is 10.0. The second-order valence-electron chi connectivity index (χ2n) is 5.48. The molecular formula is C15H20N2S. The third kappa shape index (κ3) is 3.65. The molecule has 1 aromatic heterocycles. The average molecular weight is 260 g/mol. The van der Waals surface area contributed by atoms with Crippen molar-refractivity contribution in [3.63, 3.8) is 0 Å². The first-order valence-electron chi connectivity index (χ1n) is 6.24. The quantitative estimate of drug-likeness (QED) is 0.908. The van der Waals surface area contributed by atoms with E-state index in [9.17, 15) is 0 Å². The minimum absolute atomic E-state index is 0.116. The van der Waals surface area contributed by atoms with Crippen LogP contribution in [0.25, 0.3) is 11.3 Å². The molecule has 2 rings (SSSR count). The summed E-state index contributed by atoms with van der Waals surface area (Å²) < 4.78 is 0. The number of benzene rings is 1. The number of nitrogens with two attached hydrogens (primary N) is 1. The summed E-state index contributed by atoms with van der Waals surface area (Å²) in [5.41, 5.74) is 9.43. The van der Waals surface area contributed by atoms with Crippen molar-refractivity contribution < 1.29 is 0 Å². The Kier molecular flexibility index (Phi) is 3.83. The van der Waals surface area contributed by atoms with Crippen molar-refractivity contribution in [1.82, 2.24) is 4.98 Å². The number of hydrogen-bond acceptors (Lipinski definition) is 3. The highest BCUT2D eigenvalue weighted by Crippen LogP contribution is 2.24. The zero-order chi connectivity index (χ0) is 13.2. The monoisotopic (exact) mass is 260 g/mol. The molecule has 2 nitrogen and oxygen atoms in total. The Hall–Kier alpha value is -1.19. The minimum Gasteiger partial charge on any atom is -0.326 e. The fourth-order valence-corrected chi connectivity index (χ4v) is 2.60. The second kappa shape index (κ2) is 5.21. The van der Waals surface area contributed by atoms with Gasteiger partial charge in [0.2, 0.25) is 0 Å². The van der Waals surface area contributed by atoms with Crippen LogP contribution in [-0.4, -0.2) is 10.5 Å². The zero-order valence-electron chi connectivity index (χ0n) is 11.2. The van der Waals surface area contributed by atoms with Gasteiger partial charge < -0.3 is 5.73 Å². The van der Waals surface area contributed by atoms with E-state index in [0.29, 0.717) is 0 Å². The predicted molar refractivity (Wildman–Crippen MR) is 78.9 cm³/mol. The first-order chi connectivity index (χ1) is 8.44. The van der Waals surface area contributed by atoms with Gasteiger partial charge in [-0.1, -0.05) is 23.8 Å². The molecule has 1 aromatic carbocycles.